The molecule has 2 N–H and O–H groups in total. The first kappa shape index (κ1) is 18.4. The van der Waals surface area contributed by atoms with Crippen LogP contribution in [0.25, 0.3) is 11.1 Å². The molecule has 0 heterocycles. The number of aryl methyl sites for hydroxylation is 2. The van der Waals surface area contributed by atoms with Crippen LogP contribution in [0.15, 0.2) is 72.8 Å². The maximum Gasteiger partial charge on any atom is 0.251 e. The predicted molar refractivity (Wildman–Crippen MR) is 109 cm³/mol. The van der Waals surface area contributed by atoms with Crippen LogP contribution in [-0.4, -0.2) is 18.4 Å². The van der Waals surface area contributed by atoms with Gasteiger partial charge in [-0.2, -0.15) is 0 Å². The number of carbonyl (C=O) groups is 2. The maximum absolute atomic E-state index is 12.2. The molecule has 0 atom stereocenters. The molecule has 3 aromatic rings. The summed E-state index contributed by atoms with van der Waals surface area (Å²) in [6.07, 6.45) is 0. The van der Waals surface area contributed by atoms with Gasteiger partial charge < -0.3 is 10.6 Å². The Labute approximate surface area is 159 Å². The third kappa shape index (κ3) is 4.82. The van der Waals surface area contributed by atoms with Crippen LogP contribution in [0.3, 0.4) is 0 Å². The molecule has 0 bridgehead atoms. The number of benzene rings is 3. The SMILES string of the molecule is Cc1ccc(C(=O)NCC(=O)Nc2ccc(-c3ccccc3)cc2)cc1C. The van der Waals surface area contributed by atoms with E-state index < -0.39 is 0 Å². The summed E-state index contributed by atoms with van der Waals surface area (Å²) in [7, 11) is 0. The second-order valence-electron chi connectivity index (χ2n) is 6.47. The van der Waals surface area contributed by atoms with Gasteiger partial charge in [0.05, 0.1) is 6.54 Å². The summed E-state index contributed by atoms with van der Waals surface area (Å²) in [5, 5.41) is 5.45. The fourth-order valence-corrected chi connectivity index (χ4v) is 2.73. The second-order valence-corrected chi connectivity index (χ2v) is 6.47. The van der Waals surface area contributed by atoms with Gasteiger partial charge in [0.15, 0.2) is 0 Å². The van der Waals surface area contributed by atoms with E-state index in [1.54, 1.807) is 6.07 Å². The van der Waals surface area contributed by atoms with Crippen molar-refractivity contribution in [1.82, 2.24) is 5.32 Å². The normalized spacial score (nSPS) is 10.3. The van der Waals surface area contributed by atoms with Crippen molar-refractivity contribution in [2.24, 2.45) is 0 Å². The minimum absolute atomic E-state index is 0.0772. The van der Waals surface area contributed by atoms with Crippen molar-refractivity contribution < 1.29 is 9.59 Å². The van der Waals surface area contributed by atoms with E-state index in [9.17, 15) is 9.59 Å². The van der Waals surface area contributed by atoms with Crippen molar-refractivity contribution in [3.63, 3.8) is 0 Å². The summed E-state index contributed by atoms with van der Waals surface area (Å²) in [6, 6.07) is 23.1. The van der Waals surface area contributed by atoms with Crippen LogP contribution in [0.1, 0.15) is 21.5 Å². The van der Waals surface area contributed by atoms with Crippen LogP contribution >= 0.6 is 0 Å². The Balaban J connectivity index is 1.54. The molecule has 0 unspecified atom stereocenters. The van der Waals surface area contributed by atoms with Gasteiger partial charge in [-0.3, -0.25) is 9.59 Å². The molecule has 4 nitrogen and oxygen atoms in total. The number of nitrogens with one attached hydrogen (secondary N) is 2. The molecule has 0 spiro atoms. The van der Waals surface area contributed by atoms with E-state index in [0.29, 0.717) is 11.3 Å². The summed E-state index contributed by atoms with van der Waals surface area (Å²) >= 11 is 0. The lowest BCUT2D eigenvalue weighted by atomic mass is 10.1. The lowest BCUT2D eigenvalue weighted by Gasteiger charge is -2.09. The summed E-state index contributed by atoms with van der Waals surface area (Å²) in [4.78, 5) is 24.3. The lowest BCUT2D eigenvalue weighted by molar-refractivity contribution is -0.115. The quantitative estimate of drug-likeness (QED) is 0.713. The first-order chi connectivity index (χ1) is 13.0. The molecule has 3 aromatic carbocycles. The zero-order valence-electron chi connectivity index (χ0n) is 15.5. The molecule has 0 aliphatic rings. The van der Waals surface area contributed by atoms with E-state index in [2.05, 4.69) is 10.6 Å². The van der Waals surface area contributed by atoms with Crippen LogP contribution in [0.2, 0.25) is 0 Å². The molecular formula is C23H22N2O2. The van der Waals surface area contributed by atoms with Crippen LogP contribution in [0, 0.1) is 13.8 Å². The Hall–Kier alpha value is -3.40. The van der Waals surface area contributed by atoms with Crippen molar-refractivity contribution in [3.05, 3.63) is 89.5 Å². The van der Waals surface area contributed by atoms with Gasteiger partial charge in [-0.15, -0.1) is 0 Å². The summed E-state index contributed by atoms with van der Waals surface area (Å²) in [6.45, 7) is 3.87. The van der Waals surface area contributed by atoms with Gasteiger partial charge in [0.25, 0.3) is 5.91 Å². The number of hydrogen-bond acceptors (Lipinski definition) is 2. The fourth-order valence-electron chi connectivity index (χ4n) is 2.73. The van der Waals surface area contributed by atoms with Gasteiger partial charge in [0.2, 0.25) is 5.91 Å². The number of hydrogen-bond donors (Lipinski definition) is 2. The molecule has 27 heavy (non-hydrogen) atoms. The Kier molecular flexibility index (Phi) is 5.67. The fraction of sp³-hybridized carbons (Fsp3) is 0.130. The first-order valence-electron chi connectivity index (χ1n) is 8.84. The van der Waals surface area contributed by atoms with E-state index in [1.165, 1.54) is 0 Å². The Bertz CT molecular complexity index is 948. The Morgan fingerprint density at radius 2 is 1.44 bits per heavy atom. The zero-order valence-corrected chi connectivity index (χ0v) is 15.5. The summed E-state index contributed by atoms with van der Waals surface area (Å²) in [5.41, 5.74) is 5.62. The van der Waals surface area contributed by atoms with Crippen LogP contribution in [0.4, 0.5) is 5.69 Å². The van der Waals surface area contributed by atoms with Crippen LogP contribution < -0.4 is 10.6 Å². The molecule has 0 saturated carbocycles. The van der Waals surface area contributed by atoms with E-state index in [4.69, 9.17) is 0 Å². The third-order valence-corrected chi connectivity index (χ3v) is 4.45. The lowest BCUT2D eigenvalue weighted by Crippen LogP contribution is -2.32. The molecule has 0 aromatic heterocycles. The van der Waals surface area contributed by atoms with Gasteiger partial charge in [-0.05, 0) is 60.4 Å². The second kappa shape index (κ2) is 8.32. The predicted octanol–water partition coefficient (Wildman–Crippen LogP) is 4.34. The highest BCUT2D eigenvalue weighted by Gasteiger charge is 2.09. The van der Waals surface area contributed by atoms with Crippen molar-refractivity contribution in [1.29, 1.82) is 0 Å². The zero-order chi connectivity index (χ0) is 19.2. The average Bonchev–Trinajstić information content (AvgIpc) is 2.69. The number of carbonyl (C=O) groups excluding carboxylic acids is 2. The van der Waals surface area contributed by atoms with E-state index in [0.717, 1.165) is 22.3 Å². The van der Waals surface area contributed by atoms with Crippen molar-refractivity contribution in [3.8, 4) is 11.1 Å². The molecular weight excluding hydrogens is 336 g/mol. The molecule has 0 radical (unpaired) electrons. The smallest absolute Gasteiger partial charge is 0.251 e. The van der Waals surface area contributed by atoms with Crippen molar-refractivity contribution >= 4 is 17.5 Å². The van der Waals surface area contributed by atoms with Gasteiger partial charge in [-0.1, -0.05) is 48.5 Å². The number of rotatable bonds is 5. The molecule has 0 fully saturated rings. The highest BCUT2D eigenvalue weighted by Crippen LogP contribution is 2.20. The Morgan fingerprint density at radius 3 is 2.11 bits per heavy atom. The van der Waals surface area contributed by atoms with Gasteiger partial charge in [-0.25, -0.2) is 0 Å². The number of anilines is 1. The maximum atomic E-state index is 12.2. The van der Waals surface area contributed by atoms with Crippen LogP contribution in [0.5, 0.6) is 0 Å². The number of amides is 2. The third-order valence-electron chi connectivity index (χ3n) is 4.45. The highest BCUT2D eigenvalue weighted by atomic mass is 16.2. The molecule has 0 aliphatic heterocycles. The van der Waals surface area contributed by atoms with Crippen molar-refractivity contribution in [2.45, 2.75) is 13.8 Å². The topological polar surface area (TPSA) is 58.2 Å². The largest absolute Gasteiger partial charge is 0.343 e. The molecule has 136 valence electrons. The molecule has 0 aliphatic carbocycles. The minimum Gasteiger partial charge on any atom is -0.343 e. The Morgan fingerprint density at radius 1 is 0.778 bits per heavy atom. The van der Waals surface area contributed by atoms with Crippen molar-refractivity contribution in [2.75, 3.05) is 11.9 Å². The van der Waals surface area contributed by atoms with E-state index in [1.807, 2.05) is 80.6 Å². The van der Waals surface area contributed by atoms with Gasteiger partial charge in [0, 0.05) is 11.3 Å². The average molecular weight is 358 g/mol. The summed E-state index contributed by atoms with van der Waals surface area (Å²) < 4.78 is 0. The van der Waals surface area contributed by atoms with Gasteiger partial charge >= 0.3 is 0 Å². The molecule has 2 amide bonds. The van der Waals surface area contributed by atoms with E-state index >= 15 is 0 Å². The van der Waals surface area contributed by atoms with Crippen LogP contribution in [-0.2, 0) is 4.79 Å². The molecule has 4 heteroatoms. The van der Waals surface area contributed by atoms with E-state index in [-0.39, 0.29) is 18.4 Å². The molecule has 0 saturated heterocycles. The minimum atomic E-state index is -0.264. The standard InChI is InChI=1S/C23H22N2O2/c1-16-8-9-20(14-17(16)2)23(27)24-15-22(26)25-21-12-10-19(11-13-21)18-6-4-3-5-7-18/h3-14H,15H2,1-2H3,(H,24,27)(H,25,26). The highest BCUT2D eigenvalue weighted by molar-refractivity contribution is 5.99. The summed E-state index contributed by atoms with van der Waals surface area (Å²) in [5.74, 6) is -0.521. The van der Waals surface area contributed by atoms with Gasteiger partial charge in [0.1, 0.15) is 0 Å². The molecule has 3 rings (SSSR count). The monoisotopic (exact) mass is 358 g/mol. The first-order valence-corrected chi connectivity index (χ1v) is 8.84.